The van der Waals surface area contributed by atoms with Gasteiger partial charge in [-0.25, -0.2) is 0 Å². The van der Waals surface area contributed by atoms with Gasteiger partial charge in [-0.15, -0.1) is 0 Å². The number of phenolic OH excluding ortho intramolecular Hbond substituents is 1. The maximum atomic E-state index is 12.3. The first-order valence-electron chi connectivity index (χ1n) is 3.73. The molecule has 0 saturated heterocycles. The number of alkyl halides is 3. The highest BCUT2D eigenvalue weighted by molar-refractivity contribution is 9.11. The molecular weight excluding hydrogens is 343 g/mol. The minimum Gasteiger partial charge on any atom is -0.508 e. The van der Waals surface area contributed by atoms with Gasteiger partial charge in [-0.3, -0.25) is 0 Å². The molecule has 0 amide bonds. The highest BCUT2D eigenvalue weighted by atomic mass is 79.9. The number of hydrogen-bond donors (Lipinski definition) is 2. The average Bonchev–Trinajstić information content (AvgIpc) is 1.99. The molecule has 0 spiro atoms. The molecule has 0 aliphatic rings. The number of benzene rings is 1. The van der Waals surface area contributed by atoms with Gasteiger partial charge < -0.3 is 10.8 Å². The maximum absolute atomic E-state index is 12.3. The SMILES string of the molecule is N[C@@H](c1c(O)cc(Br)cc1Br)C(F)(F)F. The van der Waals surface area contributed by atoms with E-state index in [1.165, 1.54) is 6.07 Å². The number of halogens is 5. The average molecular weight is 349 g/mol. The molecule has 2 nitrogen and oxygen atoms in total. The number of hydrogen-bond acceptors (Lipinski definition) is 2. The van der Waals surface area contributed by atoms with Crippen molar-refractivity contribution in [3.05, 3.63) is 26.6 Å². The van der Waals surface area contributed by atoms with Crippen LogP contribution >= 0.6 is 31.9 Å². The van der Waals surface area contributed by atoms with Gasteiger partial charge in [-0.1, -0.05) is 31.9 Å². The van der Waals surface area contributed by atoms with Crippen LogP contribution in [0, 0.1) is 0 Å². The smallest absolute Gasteiger partial charge is 0.407 e. The highest BCUT2D eigenvalue weighted by Crippen LogP contribution is 2.40. The Labute approximate surface area is 101 Å². The van der Waals surface area contributed by atoms with Gasteiger partial charge in [0.05, 0.1) is 0 Å². The van der Waals surface area contributed by atoms with E-state index in [9.17, 15) is 18.3 Å². The van der Waals surface area contributed by atoms with Crippen LogP contribution in [-0.4, -0.2) is 11.3 Å². The summed E-state index contributed by atoms with van der Waals surface area (Å²) >= 11 is 5.96. The van der Waals surface area contributed by atoms with Gasteiger partial charge in [0.25, 0.3) is 0 Å². The summed E-state index contributed by atoms with van der Waals surface area (Å²) in [5.74, 6) is -0.499. The van der Waals surface area contributed by atoms with E-state index in [2.05, 4.69) is 31.9 Å². The molecule has 0 bridgehead atoms. The maximum Gasteiger partial charge on any atom is 0.407 e. The summed E-state index contributed by atoms with van der Waals surface area (Å²) in [6.07, 6.45) is -4.59. The van der Waals surface area contributed by atoms with E-state index in [1.54, 1.807) is 0 Å². The Morgan fingerprint density at radius 3 is 2.20 bits per heavy atom. The fourth-order valence-corrected chi connectivity index (χ4v) is 2.49. The molecule has 0 fully saturated rings. The van der Waals surface area contributed by atoms with Gasteiger partial charge in [-0.05, 0) is 12.1 Å². The second-order valence-electron chi connectivity index (χ2n) is 2.84. The van der Waals surface area contributed by atoms with Crippen LogP contribution in [0.15, 0.2) is 21.1 Å². The largest absolute Gasteiger partial charge is 0.508 e. The fourth-order valence-electron chi connectivity index (χ4n) is 1.04. The summed E-state index contributed by atoms with van der Waals surface area (Å²) in [5.41, 5.74) is 4.62. The van der Waals surface area contributed by atoms with Crippen LogP contribution in [-0.2, 0) is 0 Å². The molecule has 84 valence electrons. The first-order chi connectivity index (χ1) is 6.73. The Balaban J connectivity index is 3.26. The van der Waals surface area contributed by atoms with Crippen LogP contribution in [0.25, 0.3) is 0 Å². The molecule has 1 rings (SSSR count). The predicted molar refractivity (Wildman–Crippen MR) is 56.5 cm³/mol. The lowest BCUT2D eigenvalue weighted by atomic mass is 10.1. The van der Waals surface area contributed by atoms with Crippen molar-refractivity contribution in [3.63, 3.8) is 0 Å². The van der Waals surface area contributed by atoms with Crippen LogP contribution < -0.4 is 5.73 Å². The summed E-state index contributed by atoms with van der Waals surface area (Å²) in [6.45, 7) is 0. The van der Waals surface area contributed by atoms with Crippen LogP contribution in [0.2, 0.25) is 0 Å². The van der Waals surface area contributed by atoms with Crippen molar-refractivity contribution >= 4 is 31.9 Å². The van der Waals surface area contributed by atoms with E-state index in [4.69, 9.17) is 5.73 Å². The molecule has 7 heteroatoms. The standard InChI is InChI=1S/C8H6Br2F3NO/c9-3-1-4(10)6(5(15)2-3)7(14)8(11,12)13/h1-2,7,15H,14H2/t7-/m0/s1. The molecule has 1 atom stereocenters. The summed E-state index contributed by atoms with van der Waals surface area (Å²) in [5, 5.41) is 9.37. The zero-order chi connectivity index (χ0) is 11.8. The molecule has 1 aromatic rings. The monoisotopic (exact) mass is 347 g/mol. The van der Waals surface area contributed by atoms with Gasteiger partial charge >= 0.3 is 6.18 Å². The van der Waals surface area contributed by atoms with Gasteiger partial charge in [0.2, 0.25) is 0 Å². The Morgan fingerprint density at radius 1 is 1.27 bits per heavy atom. The van der Waals surface area contributed by atoms with Crippen LogP contribution in [0.3, 0.4) is 0 Å². The lowest BCUT2D eigenvalue weighted by molar-refractivity contribution is -0.149. The fraction of sp³-hybridized carbons (Fsp3) is 0.250. The predicted octanol–water partition coefficient (Wildman–Crippen LogP) is 3.48. The van der Waals surface area contributed by atoms with Crippen LogP contribution in [0.1, 0.15) is 11.6 Å². The Morgan fingerprint density at radius 2 is 1.80 bits per heavy atom. The van der Waals surface area contributed by atoms with Gasteiger partial charge in [0.1, 0.15) is 11.8 Å². The topological polar surface area (TPSA) is 46.2 Å². The summed E-state index contributed by atoms with van der Waals surface area (Å²) in [7, 11) is 0. The number of phenols is 1. The van der Waals surface area contributed by atoms with Crippen LogP contribution in [0.5, 0.6) is 5.75 Å². The summed E-state index contributed by atoms with van der Waals surface area (Å²) in [6, 6.07) is 0.340. The van der Waals surface area contributed by atoms with Gasteiger partial charge in [0.15, 0.2) is 0 Å². The van der Waals surface area contributed by atoms with E-state index >= 15 is 0 Å². The third-order valence-electron chi connectivity index (χ3n) is 1.74. The molecule has 15 heavy (non-hydrogen) atoms. The normalized spacial score (nSPS) is 14.0. The third kappa shape index (κ3) is 2.85. The van der Waals surface area contributed by atoms with Gasteiger partial charge in [0, 0.05) is 14.5 Å². The van der Waals surface area contributed by atoms with Crippen molar-refractivity contribution in [1.82, 2.24) is 0 Å². The van der Waals surface area contributed by atoms with Crippen molar-refractivity contribution in [2.24, 2.45) is 5.73 Å². The van der Waals surface area contributed by atoms with Crippen molar-refractivity contribution in [1.29, 1.82) is 0 Å². The Kier molecular flexibility index (Phi) is 3.67. The highest BCUT2D eigenvalue weighted by Gasteiger charge is 2.40. The summed E-state index contributed by atoms with van der Waals surface area (Å²) in [4.78, 5) is 0. The molecule has 1 aromatic carbocycles. The molecule has 3 N–H and O–H groups in total. The molecule has 0 aliphatic carbocycles. The quantitative estimate of drug-likeness (QED) is 0.816. The van der Waals surface area contributed by atoms with Crippen LogP contribution in [0.4, 0.5) is 13.2 Å². The van der Waals surface area contributed by atoms with Crippen molar-refractivity contribution in [2.45, 2.75) is 12.2 Å². The Hall–Kier alpha value is -0.270. The van der Waals surface area contributed by atoms with E-state index in [1.807, 2.05) is 0 Å². The van der Waals surface area contributed by atoms with Gasteiger partial charge in [-0.2, -0.15) is 13.2 Å². The summed E-state index contributed by atoms with van der Waals surface area (Å²) < 4.78 is 37.6. The molecule has 0 unspecified atom stereocenters. The lowest BCUT2D eigenvalue weighted by Gasteiger charge is -2.18. The molecule has 0 radical (unpaired) electrons. The van der Waals surface area contributed by atoms with Crippen molar-refractivity contribution in [3.8, 4) is 5.75 Å². The van der Waals surface area contributed by atoms with Crippen molar-refractivity contribution < 1.29 is 18.3 Å². The third-order valence-corrected chi connectivity index (χ3v) is 2.85. The van der Waals surface area contributed by atoms with E-state index in [-0.39, 0.29) is 10.0 Å². The second-order valence-corrected chi connectivity index (χ2v) is 4.61. The Bertz CT molecular complexity index is 358. The van der Waals surface area contributed by atoms with E-state index in [0.29, 0.717) is 4.47 Å². The molecule has 0 saturated carbocycles. The molecule has 0 heterocycles. The first-order valence-corrected chi connectivity index (χ1v) is 5.32. The first kappa shape index (κ1) is 12.8. The minimum atomic E-state index is -4.59. The second kappa shape index (κ2) is 4.31. The van der Waals surface area contributed by atoms with E-state index in [0.717, 1.165) is 6.07 Å². The zero-order valence-electron chi connectivity index (χ0n) is 7.15. The zero-order valence-corrected chi connectivity index (χ0v) is 10.3. The number of aromatic hydroxyl groups is 1. The molecule has 0 aliphatic heterocycles. The van der Waals surface area contributed by atoms with E-state index < -0.39 is 18.0 Å². The number of nitrogens with two attached hydrogens (primary N) is 1. The number of rotatable bonds is 1. The minimum absolute atomic E-state index is 0.110. The molecule has 0 aromatic heterocycles. The lowest BCUT2D eigenvalue weighted by Crippen LogP contribution is -2.28. The van der Waals surface area contributed by atoms with Crippen molar-refractivity contribution in [2.75, 3.05) is 0 Å². The molecular formula is C8H6Br2F3NO.